The molecule has 1 atom stereocenters. The number of rotatable bonds is 3. The summed E-state index contributed by atoms with van der Waals surface area (Å²) in [7, 11) is 0. The van der Waals surface area contributed by atoms with Crippen LogP contribution in [0, 0.1) is 0 Å². The van der Waals surface area contributed by atoms with Gasteiger partial charge in [-0.2, -0.15) is 0 Å². The molecule has 3 N–H and O–H groups in total. The molecule has 5 heteroatoms. The maximum atomic E-state index is 11.1. The Morgan fingerprint density at radius 2 is 1.94 bits per heavy atom. The maximum absolute atomic E-state index is 11.1. The SMILES string of the molecule is Cl.O.O=C(O)C1CCCCN1Cc1ccccc1. The number of hydrogen-bond donors (Lipinski definition) is 1. The normalized spacial score (nSPS) is 19.4. The number of hydrogen-bond acceptors (Lipinski definition) is 2. The molecule has 0 bridgehead atoms. The Hall–Kier alpha value is -1.10. The molecule has 1 aliphatic rings. The van der Waals surface area contributed by atoms with Crippen molar-refractivity contribution in [2.45, 2.75) is 31.8 Å². The Balaban J connectivity index is 0.00000144. The molecule has 0 spiro atoms. The van der Waals surface area contributed by atoms with Crippen molar-refractivity contribution >= 4 is 18.4 Å². The number of benzene rings is 1. The van der Waals surface area contributed by atoms with Crippen molar-refractivity contribution in [2.24, 2.45) is 0 Å². The van der Waals surface area contributed by atoms with E-state index in [1.165, 1.54) is 5.56 Å². The molecule has 1 aromatic carbocycles. The molecule has 1 saturated heterocycles. The number of halogens is 1. The number of carboxylic acids is 1. The highest BCUT2D eigenvalue weighted by atomic mass is 35.5. The second-order valence-corrected chi connectivity index (χ2v) is 4.31. The van der Waals surface area contributed by atoms with Gasteiger partial charge in [-0.3, -0.25) is 9.69 Å². The summed E-state index contributed by atoms with van der Waals surface area (Å²) >= 11 is 0. The molecule has 0 aromatic heterocycles. The quantitative estimate of drug-likeness (QED) is 0.911. The summed E-state index contributed by atoms with van der Waals surface area (Å²) in [6.45, 7) is 1.64. The average molecular weight is 274 g/mol. The lowest BCUT2D eigenvalue weighted by molar-refractivity contribution is -0.144. The number of nitrogens with zero attached hydrogens (tertiary/aromatic N) is 1. The highest BCUT2D eigenvalue weighted by molar-refractivity contribution is 5.85. The van der Waals surface area contributed by atoms with Crippen LogP contribution in [0.3, 0.4) is 0 Å². The molecule has 1 heterocycles. The Bertz CT molecular complexity index is 359. The Morgan fingerprint density at radius 1 is 1.28 bits per heavy atom. The summed E-state index contributed by atoms with van der Waals surface area (Å²) < 4.78 is 0. The van der Waals surface area contributed by atoms with E-state index in [1.54, 1.807) is 0 Å². The molecular weight excluding hydrogens is 254 g/mol. The first-order valence-electron chi connectivity index (χ1n) is 5.78. The summed E-state index contributed by atoms with van der Waals surface area (Å²) in [4.78, 5) is 13.2. The van der Waals surface area contributed by atoms with E-state index in [0.29, 0.717) is 0 Å². The first-order valence-corrected chi connectivity index (χ1v) is 5.78. The van der Waals surface area contributed by atoms with Crippen LogP contribution in [0.2, 0.25) is 0 Å². The maximum Gasteiger partial charge on any atom is 0.320 e. The summed E-state index contributed by atoms with van der Waals surface area (Å²) in [6.07, 6.45) is 2.92. The smallest absolute Gasteiger partial charge is 0.320 e. The van der Waals surface area contributed by atoms with Crippen molar-refractivity contribution in [1.82, 2.24) is 4.90 Å². The fourth-order valence-electron chi connectivity index (χ4n) is 2.28. The van der Waals surface area contributed by atoms with Crippen LogP contribution in [0.15, 0.2) is 30.3 Å². The van der Waals surface area contributed by atoms with Crippen molar-refractivity contribution in [3.8, 4) is 0 Å². The minimum absolute atomic E-state index is 0. The van der Waals surface area contributed by atoms with Gasteiger partial charge in [-0.1, -0.05) is 36.8 Å². The Morgan fingerprint density at radius 3 is 2.56 bits per heavy atom. The molecule has 1 unspecified atom stereocenters. The van der Waals surface area contributed by atoms with Crippen LogP contribution < -0.4 is 0 Å². The fraction of sp³-hybridized carbons (Fsp3) is 0.462. The van der Waals surface area contributed by atoms with Gasteiger partial charge in [-0.25, -0.2) is 0 Å². The van der Waals surface area contributed by atoms with Gasteiger partial charge < -0.3 is 10.6 Å². The minimum atomic E-state index is -0.685. The molecule has 18 heavy (non-hydrogen) atoms. The summed E-state index contributed by atoms with van der Waals surface area (Å²) in [5.74, 6) is -0.685. The third-order valence-corrected chi connectivity index (χ3v) is 3.13. The van der Waals surface area contributed by atoms with E-state index in [4.69, 9.17) is 5.11 Å². The molecule has 4 nitrogen and oxygen atoms in total. The molecule has 1 fully saturated rings. The highest BCUT2D eigenvalue weighted by Crippen LogP contribution is 2.19. The first kappa shape index (κ1) is 16.9. The van der Waals surface area contributed by atoms with Gasteiger partial charge in [0.25, 0.3) is 0 Å². The largest absolute Gasteiger partial charge is 0.480 e. The number of aliphatic carboxylic acids is 1. The summed E-state index contributed by atoms with van der Waals surface area (Å²) in [6, 6.07) is 9.77. The lowest BCUT2D eigenvalue weighted by Crippen LogP contribution is -2.43. The third kappa shape index (κ3) is 4.29. The van der Waals surface area contributed by atoms with Crippen LogP contribution in [-0.4, -0.2) is 34.0 Å². The minimum Gasteiger partial charge on any atom is -0.480 e. The fourth-order valence-corrected chi connectivity index (χ4v) is 2.28. The molecule has 0 amide bonds. The van der Waals surface area contributed by atoms with Crippen LogP contribution >= 0.6 is 12.4 Å². The van der Waals surface area contributed by atoms with Crippen molar-refractivity contribution in [3.63, 3.8) is 0 Å². The molecule has 1 aliphatic heterocycles. The predicted octanol–water partition coefficient (Wildman–Crippen LogP) is 1.72. The number of carbonyl (C=O) groups is 1. The van der Waals surface area contributed by atoms with Crippen LogP contribution in [0.1, 0.15) is 24.8 Å². The van der Waals surface area contributed by atoms with Crippen molar-refractivity contribution in [2.75, 3.05) is 6.54 Å². The van der Waals surface area contributed by atoms with Crippen LogP contribution in [0.25, 0.3) is 0 Å². The van der Waals surface area contributed by atoms with Crippen LogP contribution in [0.5, 0.6) is 0 Å². The van der Waals surface area contributed by atoms with Crippen LogP contribution in [0.4, 0.5) is 0 Å². The lowest BCUT2D eigenvalue weighted by atomic mass is 10.0. The van der Waals surface area contributed by atoms with Gasteiger partial charge in [0.2, 0.25) is 0 Å². The van der Waals surface area contributed by atoms with Crippen LogP contribution in [-0.2, 0) is 11.3 Å². The van der Waals surface area contributed by atoms with Gasteiger partial charge in [-0.05, 0) is 24.9 Å². The van der Waals surface area contributed by atoms with Gasteiger partial charge in [-0.15, -0.1) is 12.4 Å². The second-order valence-electron chi connectivity index (χ2n) is 4.31. The van der Waals surface area contributed by atoms with E-state index in [2.05, 4.69) is 4.90 Å². The monoisotopic (exact) mass is 273 g/mol. The predicted molar refractivity (Wildman–Crippen MR) is 73.0 cm³/mol. The molecule has 0 saturated carbocycles. The number of piperidine rings is 1. The molecule has 0 aliphatic carbocycles. The topological polar surface area (TPSA) is 72.0 Å². The van der Waals surface area contributed by atoms with Crippen molar-refractivity contribution in [3.05, 3.63) is 35.9 Å². The molecule has 0 radical (unpaired) electrons. The van der Waals surface area contributed by atoms with E-state index in [0.717, 1.165) is 32.4 Å². The van der Waals surface area contributed by atoms with Crippen molar-refractivity contribution < 1.29 is 15.4 Å². The van der Waals surface area contributed by atoms with E-state index < -0.39 is 5.97 Å². The van der Waals surface area contributed by atoms with Gasteiger partial charge in [0.15, 0.2) is 0 Å². The average Bonchev–Trinajstić information content (AvgIpc) is 2.31. The standard InChI is InChI=1S/C13H17NO2.ClH.H2O/c15-13(16)12-8-4-5-9-14(12)10-11-6-2-1-3-7-11;;/h1-3,6-7,12H,4-5,8-10H2,(H,15,16);1H;1H2. The van der Waals surface area contributed by atoms with Gasteiger partial charge in [0.05, 0.1) is 0 Å². The third-order valence-electron chi connectivity index (χ3n) is 3.13. The number of likely N-dealkylation sites (tertiary alicyclic amines) is 1. The van der Waals surface area contributed by atoms with Gasteiger partial charge in [0, 0.05) is 6.54 Å². The summed E-state index contributed by atoms with van der Waals surface area (Å²) in [5.41, 5.74) is 1.19. The highest BCUT2D eigenvalue weighted by Gasteiger charge is 2.27. The Labute approximate surface area is 113 Å². The molecule has 102 valence electrons. The zero-order valence-electron chi connectivity index (χ0n) is 10.2. The molecular formula is C13H20ClNO3. The van der Waals surface area contributed by atoms with Gasteiger partial charge in [0.1, 0.15) is 6.04 Å². The Kier molecular flexibility index (Phi) is 7.59. The lowest BCUT2D eigenvalue weighted by Gasteiger charge is -2.32. The second kappa shape index (κ2) is 8.08. The molecule has 2 rings (SSSR count). The van der Waals surface area contributed by atoms with E-state index in [-0.39, 0.29) is 23.9 Å². The van der Waals surface area contributed by atoms with E-state index in [1.807, 2.05) is 30.3 Å². The zero-order valence-corrected chi connectivity index (χ0v) is 11.0. The first-order chi connectivity index (χ1) is 7.77. The zero-order chi connectivity index (χ0) is 11.4. The summed E-state index contributed by atoms with van der Waals surface area (Å²) in [5, 5.41) is 9.15. The van der Waals surface area contributed by atoms with Gasteiger partial charge >= 0.3 is 5.97 Å². The van der Waals surface area contributed by atoms with Crippen molar-refractivity contribution in [1.29, 1.82) is 0 Å². The van der Waals surface area contributed by atoms with E-state index >= 15 is 0 Å². The van der Waals surface area contributed by atoms with E-state index in [9.17, 15) is 4.79 Å². The number of carboxylic acid groups (broad SMARTS) is 1. The molecule has 1 aromatic rings.